The van der Waals surface area contributed by atoms with Crippen LogP contribution in [0.1, 0.15) is 32.6 Å². The van der Waals surface area contributed by atoms with Crippen LogP contribution in [0.4, 0.5) is 5.69 Å². The summed E-state index contributed by atoms with van der Waals surface area (Å²) in [6.07, 6.45) is 3.42. The lowest BCUT2D eigenvalue weighted by molar-refractivity contribution is -0.132. The largest absolute Gasteiger partial charge is 0.351 e. The van der Waals surface area contributed by atoms with Gasteiger partial charge in [0.1, 0.15) is 5.92 Å². The number of nitrogens with one attached hydrogen (secondary N) is 1. The zero-order chi connectivity index (χ0) is 16.8. The monoisotopic (exact) mass is 337 g/mol. The molecule has 0 radical (unpaired) electrons. The summed E-state index contributed by atoms with van der Waals surface area (Å²) < 4.78 is 0. The molecule has 3 N–H and O–H groups in total. The molecule has 1 heterocycles. The van der Waals surface area contributed by atoms with Crippen molar-refractivity contribution in [3.63, 3.8) is 0 Å². The molecule has 6 heteroatoms. The van der Waals surface area contributed by atoms with Gasteiger partial charge in [0.15, 0.2) is 0 Å². The molecule has 1 aliphatic rings. The van der Waals surface area contributed by atoms with E-state index in [4.69, 9.17) is 17.3 Å². The summed E-state index contributed by atoms with van der Waals surface area (Å²) in [5.74, 6) is -1.02. The van der Waals surface area contributed by atoms with E-state index in [1.807, 2.05) is 6.07 Å². The summed E-state index contributed by atoms with van der Waals surface area (Å²) in [4.78, 5) is 26.5. The lowest BCUT2D eigenvalue weighted by Gasteiger charge is -2.20. The minimum atomic E-state index is -0.635. The van der Waals surface area contributed by atoms with Gasteiger partial charge in [0.25, 0.3) is 0 Å². The minimum Gasteiger partial charge on any atom is -0.351 e. The maximum absolute atomic E-state index is 12.5. The van der Waals surface area contributed by atoms with Gasteiger partial charge in [0, 0.05) is 29.8 Å². The fourth-order valence-electron chi connectivity index (χ4n) is 2.82. The first-order valence-electron chi connectivity index (χ1n) is 8.14. The van der Waals surface area contributed by atoms with E-state index in [9.17, 15) is 9.59 Å². The van der Waals surface area contributed by atoms with E-state index in [1.54, 1.807) is 23.1 Å². The lowest BCUT2D eigenvalue weighted by atomic mass is 10.1. The van der Waals surface area contributed by atoms with Crippen LogP contribution in [0.2, 0.25) is 5.02 Å². The van der Waals surface area contributed by atoms with Crippen molar-refractivity contribution >= 4 is 29.1 Å². The van der Waals surface area contributed by atoms with Crippen LogP contribution >= 0.6 is 11.6 Å². The van der Waals surface area contributed by atoms with Crippen LogP contribution in [0.25, 0.3) is 0 Å². The van der Waals surface area contributed by atoms with Crippen molar-refractivity contribution in [1.29, 1.82) is 0 Å². The van der Waals surface area contributed by atoms with E-state index < -0.39 is 5.92 Å². The highest BCUT2D eigenvalue weighted by Crippen LogP contribution is 2.27. The Morgan fingerprint density at radius 2 is 2.30 bits per heavy atom. The fraction of sp³-hybridized carbons (Fsp3) is 0.529. The Hall–Kier alpha value is -1.59. The molecule has 0 bridgehead atoms. The van der Waals surface area contributed by atoms with Crippen LogP contribution in [0.5, 0.6) is 0 Å². The number of unbranched alkanes of at least 4 members (excludes halogenated alkanes) is 1. The summed E-state index contributed by atoms with van der Waals surface area (Å²) in [5, 5.41) is 3.49. The third kappa shape index (κ3) is 4.45. The number of amides is 2. The average molecular weight is 338 g/mol. The Kier molecular flexibility index (Phi) is 6.42. The van der Waals surface area contributed by atoms with Gasteiger partial charge in [-0.05, 0) is 31.0 Å². The second-order valence-electron chi connectivity index (χ2n) is 5.89. The third-order valence-electron chi connectivity index (χ3n) is 4.18. The van der Waals surface area contributed by atoms with Crippen molar-refractivity contribution in [2.75, 3.05) is 18.0 Å². The van der Waals surface area contributed by atoms with E-state index in [1.165, 1.54) is 0 Å². The van der Waals surface area contributed by atoms with Crippen molar-refractivity contribution < 1.29 is 9.59 Å². The van der Waals surface area contributed by atoms with Gasteiger partial charge in [0.05, 0.1) is 0 Å². The zero-order valence-electron chi connectivity index (χ0n) is 13.4. The van der Waals surface area contributed by atoms with Crippen molar-refractivity contribution in [2.45, 2.75) is 38.6 Å². The molecule has 0 aromatic heterocycles. The summed E-state index contributed by atoms with van der Waals surface area (Å²) in [5.41, 5.74) is 6.44. The van der Waals surface area contributed by atoms with E-state index >= 15 is 0 Å². The van der Waals surface area contributed by atoms with E-state index in [-0.39, 0.29) is 17.9 Å². The number of hydrogen-bond donors (Lipinski definition) is 2. The third-order valence-corrected chi connectivity index (χ3v) is 4.41. The molecule has 126 valence electrons. The van der Waals surface area contributed by atoms with Crippen LogP contribution in [0, 0.1) is 5.92 Å². The number of rotatable bonds is 7. The Morgan fingerprint density at radius 3 is 2.96 bits per heavy atom. The first-order chi connectivity index (χ1) is 11.1. The van der Waals surface area contributed by atoms with Crippen molar-refractivity contribution in [2.24, 2.45) is 11.7 Å². The van der Waals surface area contributed by atoms with Crippen molar-refractivity contribution in [3.8, 4) is 0 Å². The van der Waals surface area contributed by atoms with Gasteiger partial charge in [-0.25, -0.2) is 0 Å². The zero-order valence-corrected chi connectivity index (χ0v) is 14.2. The molecule has 2 amide bonds. The number of nitrogens with zero attached hydrogens (tertiary/aromatic N) is 1. The van der Waals surface area contributed by atoms with E-state index in [0.717, 1.165) is 24.9 Å². The van der Waals surface area contributed by atoms with E-state index in [0.29, 0.717) is 24.5 Å². The van der Waals surface area contributed by atoms with Crippen LogP contribution in [-0.4, -0.2) is 30.9 Å². The molecule has 1 aliphatic heterocycles. The van der Waals surface area contributed by atoms with Gasteiger partial charge in [-0.15, -0.1) is 0 Å². The van der Waals surface area contributed by atoms with Gasteiger partial charge in [-0.3, -0.25) is 9.59 Å². The van der Waals surface area contributed by atoms with Gasteiger partial charge in [-0.2, -0.15) is 0 Å². The number of halogens is 1. The fourth-order valence-corrected chi connectivity index (χ4v) is 3.01. The predicted octanol–water partition coefficient (Wildman–Crippen LogP) is 2.33. The highest BCUT2D eigenvalue weighted by atomic mass is 35.5. The molecule has 2 rings (SSSR count). The quantitative estimate of drug-likeness (QED) is 0.750. The molecule has 2 unspecified atom stereocenters. The highest BCUT2D eigenvalue weighted by molar-refractivity contribution is 6.31. The molecule has 1 aromatic rings. The van der Waals surface area contributed by atoms with Gasteiger partial charge in [0.2, 0.25) is 11.8 Å². The number of anilines is 1. The Bertz CT molecular complexity index is 565. The SMILES string of the molecule is CCCCC(CN)NC(=O)C1CCN(c2cccc(Cl)c2)C1=O. The van der Waals surface area contributed by atoms with Crippen LogP contribution < -0.4 is 16.0 Å². The number of carbonyl (C=O) groups is 2. The van der Waals surface area contributed by atoms with Gasteiger partial charge in [-0.1, -0.05) is 37.4 Å². The Labute approximate surface area is 142 Å². The topological polar surface area (TPSA) is 75.4 Å². The first kappa shape index (κ1) is 17.8. The summed E-state index contributed by atoms with van der Waals surface area (Å²) in [6, 6.07) is 7.07. The van der Waals surface area contributed by atoms with E-state index in [2.05, 4.69) is 12.2 Å². The average Bonchev–Trinajstić information content (AvgIpc) is 2.93. The maximum atomic E-state index is 12.5. The predicted molar refractivity (Wildman–Crippen MR) is 92.4 cm³/mol. The Balaban J connectivity index is 1.99. The summed E-state index contributed by atoms with van der Waals surface area (Å²) in [7, 11) is 0. The smallest absolute Gasteiger partial charge is 0.239 e. The first-order valence-corrected chi connectivity index (χ1v) is 8.52. The van der Waals surface area contributed by atoms with Crippen molar-refractivity contribution in [1.82, 2.24) is 5.32 Å². The number of benzene rings is 1. The standard InChI is InChI=1S/C17H24ClN3O2/c1-2-3-6-13(11-19)20-16(22)15-8-9-21(17(15)23)14-7-4-5-12(18)10-14/h4-5,7,10,13,15H,2-3,6,8-9,11,19H2,1H3,(H,20,22). The molecule has 1 saturated heterocycles. The summed E-state index contributed by atoms with van der Waals surface area (Å²) >= 11 is 5.97. The summed E-state index contributed by atoms with van der Waals surface area (Å²) in [6.45, 7) is 3.02. The highest BCUT2D eigenvalue weighted by Gasteiger charge is 2.38. The van der Waals surface area contributed by atoms with Crippen LogP contribution in [-0.2, 0) is 9.59 Å². The lowest BCUT2D eigenvalue weighted by Crippen LogP contribution is -2.45. The van der Waals surface area contributed by atoms with Crippen LogP contribution in [0.15, 0.2) is 24.3 Å². The van der Waals surface area contributed by atoms with Crippen molar-refractivity contribution in [3.05, 3.63) is 29.3 Å². The van der Waals surface area contributed by atoms with Gasteiger partial charge < -0.3 is 16.0 Å². The van der Waals surface area contributed by atoms with Crippen LogP contribution in [0.3, 0.4) is 0 Å². The molecular weight excluding hydrogens is 314 g/mol. The minimum absolute atomic E-state index is 0.0598. The second kappa shape index (κ2) is 8.31. The molecule has 1 aromatic carbocycles. The maximum Gasteiger partial charge on any atom is 0.239 e. The number of nitrogens with two attached hydrogens (primary N) is 1. The Morgan fingerprint density at radius 1 is 1.52 bits per heavy atom. The molecule has 2 atom stereocenters. The molecule has 0 aliphatic carbocycles. The molecule has 0 spiro atoms. The molecule has 5 nitrogen and oxygen atoms in total. The number of hydrogen-bond acceptors (Lipinski definition) is 3. The second-order valence-corrected chi connectivity index (χ2v) is 6.33. The molecule has 0 saturated carbocycles. The normalized spacial score (nSPS) is 19.0. The molecular formula is C17H24ClN3O2. The molecule has 23 heavy (non-hydrogen) atoms. The molecule has 1 fully saturated rings. The van der Waals surface area contributed by atoms with Gasteiger partial charge >= 0.3 is 0 Å². The number of carbonyl (C=O) groups excluding carboxylic acids is 2.